The number of amides is 2. The van der Waals surface area contributed by atoms with Crippen LogP contribution in [0.4, 0.5) is 5.69 Å². The first-order valence-electron chi connectivity index (χ1n) is 7.42. The molecule has 0 spiro atoms. The van der Waals surface area contributed by atoms with E-state index in [1.165, 1.54) is 5.56 Å². The van der Waals surface area contributed by atoms with Crippen molar-refractivity contribution in [3.63, 3.8) is 0 Å². The van der Waals surface area contributed by atoms with Gasteiger partial charge < -0.3 is 16.0 Å². The number of carbonyl (C=O) groups excluding carboxylic acids is 2. The molecule has 0 aromatic heterocycles. The molecule has 0 saturated heterocycles. The maximum Gasteiger partial charge on any atom is 0.243 e. The van der Waals surface area contributed by atoms with E-state index in [0.29, 0.717) is 0 Å². The largest absolute Gasteiger partial charge is 0.373 e. The molecule has 2 rings (SSSR count). The van der Waals surface area contributed by atoms with Gasteiger partial charge in [0.05, 0.1) is 0 Å². The summed E-state index contributed by atoms with van der Waals surface area (Å²) in [6, 6.07) is 7.24. The lowest BCUT2D eigenvalue weighted by Crippen LogP contribution is -2.51. The Balaban J connectivity index is 1.91. The highest BCUT2D eigenvalue weighted by molar-refractivity contribution is 5.91. The number of hydrogen-bond donors (Lipinski definition) is 3. The third kappa shape index (κ3) is 3.97. The highest BCUT2D eigenvalue weighted by atomic mass is 16.2. The van der Waals surface area contributed by atoms with Crippen molar-refractivity contribution in [2.75, 3.05) is 5.32 Å². The minimum atomic E-state index is -0.529. The molecule has 0 radical (unpaired) electrons. The van der Waals surface area contributed by atoms with Crippen LogP contribution in [-0.2, 0) is 16.0 Å². The quantitative estimate of drug-likeness (QED) is 0.785. The Bertz CT molecular complexity index is 528. The predicted octanol–water partition coefficient (Wildman–Crippen LogP) is 1.44. The van der Waals surface area contributed by atoms with Gasteiger partial charge in [-0.3, -0.25) is 9.59 Å². The van der Waals surface area contributed by atoms with Gasteiger partial charge in [-0.2, -0.15) is 0 Å². The molecule has 1 heterocycles. The Kier molecular flexibility index (Phi) is 4.83. The number of rotatable bonds is 4. The van der Waals surface area contributed by atoms with Gasteiger partial charge in [-0.1, -0.05) is 18.2 Å². The Hall–Kier alpha value is -2.04. The third-order valence-electron chi connectivity index (χ3n) is 3.55. The molecule has 21 heavy (non-hydrogen) atoms. The first-order chi connectivity index (χ1) is 9.97. The van der Waals surface area contributed by atoms with Crippen molar-refractivity contribution in [2.45, 2.75) is 51.7 Å². The topological polar surface area (TPSA) is 70.2 Å². The smallest absolute Gasteiger partial charge is 0.243 e. The van der Waals surface area contributed by atoms with Gasteiger partial charge in [-0.25, -0.2) is 0 Å². The molecule has 1 aromatic carbocycles. The SMILES string of the molecule is CC(C)NC(=O)C(C)NC(=O)C1CCc2ccccc2N1. The van der Waals surface area contributed by atoms with Crippen LogP contribution in [0.15, 0.2) is 24.3 Å². The van der Waals surface area contributed by atoms with Crippen LogP contribution in [0.3, 0.4) is 0 Å². The van der Waals surface area contributed by atoms with Crippen LogP contribution in [0.25, 0.3) is 0 Å². The van der Waals surface area contributed by atoms with E-state index in [2.05, 4.69) is 22.0 Å². The average Bonchev–Trinajstić information content (AvgIpc) is 2.45. The molecule has 5 nitrogen and oxygen atoms in total. The minimum absolute atomic E-state index is 0.0662. The number of carbonyl (C=O) groups is 2. The second-order valence-corrected chi connectivity index (χ2v) is 5.79. The van der Waals surface area contributed by atoms with Crippen LogP contribution in [0.1, 0.15) is 32.8 Å². The molecule has 0 bridgehead atoms. The lowest BCUT2D eigenvalue weighted by atomic mass is 9.97. The summed E-state index contributed by atoms with van der Waals surface area (Å²) in [6.07, 6.45) is 1.61. The van der Waals surface area contributed by atoms with Gasteiger partial charge in [0.1, 0.15) is 12.1 Å². The van der Waals surface area contributed by atoms with E-state index in [4.69, 9.17) is 0 Å². The molecule has 5 heteroatoms. The second kappa shape index (κ2) is 6.61. The molecule has 0 fully saturated rings. The molecule has 1 aromatic rings. The first-order valence-corrected chi connectivity index (χ1v) is 7.42. The molecule has 114 valence electrons. The van der Waals surface area contributed by atoms with Crippen molar-refractivity contribution in [2.24, 2.45) is 0 Å². The highest BCUT2D eigenvalue weighted by Gasteiger charge is 2.26. The van der Waals surface area contributed by atoms with E-state index < -0.39 is 6.04 Å². The zero-order valence-electron chi connectivity index (χ0n) is 12.8. The molecule has 0 saturated carbocycles. The molecule has 1 aliphatic heterocycles. The molecule has 2 unspecified atom stereocenters. The van der Waals surface area contributed by atoms with Gasteiger partial charge in [-0.15, -0.1) is 0 Å². The number of para-hydroxylation sites is 1. The summed E-state index contributed by atoms with van der Waals surface area (Å²) >= 11 is 0. The zero-order chi connectivity index (χ0) is 15.4. The average molecular weight is 289 g/mol. The van der Waals surface area contributed by atoms with Gasteiger partial charge in [0, 0.05) is 11.7 Å². The van der Waals surface area contributed by atoms with Gasteiger partial charge in [0.25, 0.3) is 0 Å². The minimum Gasteiger partial charge on any atom is -0.373 e. The van der Waals surface area contributed by atoms with E-state index in [0.717, 1.165) is 18.5 Å². The molecule has 3 N–H and O–H groups in total. The van der Waals surface area contributed by atoms with E-state index >= 15 is 0 Å². The van der Waals surface area contributed by atoms with Crippen molar-refractivity contribution in [3.05, 3.63) is 29.8 Å². The summed E-state index contributed by atoms with van der Waals surface area (Å²) < 4.78 is 0. The van der Waals surface area contributed by atoms with Crippen molar-refractivity contribution in [1.82, 2.24) is 10.6 Å². The van der Waals surface area contributed by atoms with Crippen LogP contribution in [-0.4, -0.2) is 29.9 Å². The van der Waals surface area contributed by atoms with Crippen molar-refractivity contribution in [1.29, 1.82) is 0 Å². The summed E-state index contributed by atoms with van der Waals surface area (Å²) in [5.41, 5.74) is 2.23. The molecule has 2 atom stereocenters. The van der Waals surface area contributed by atoms with Gasteiger partial charge in [0.2, 0.25) is 11.8 Å². The molecule has 1 aliphatic rings. The molecular formula is C16H23N3O2. The Morgan fingerprint density at radius 3 is 2.62 bits per heavy atom. The summed E-state index contributed by atoms with van der Waals surface area (Å²) in [6.45, 7) is 5.49. The summed E-state index contributed by atoms with van der Waals surface area (Å²) in [5.74, 6) is -0.287. The Morgan fingerprint density at radius 1 is 1.19 bits per heavy atom. The number of nitrogens with one attached hydrogen (secondary N) is 3. The maximum absolute atomic E-state index is 12.3. The van der Waals surface area contributed by atoms with E-state index in [9.17, 15) is 9.59 Å². The standard InChI is InChI=1S/C16H23N3O2/c1-10(2)17-15(20)11(3)18-16(21)14-9-8-12-6-4-5-7-13(12)19-14/h4-7,10-11,14,19H,8-9H2,1-3H3,(H,17,20)(H,18,21). The lowest BCUT2D eigenvalue weighted by Gasteiger charge is -2.27. The number of hydrogen-bond acceptors (Lipinski definition) is 3. The molecule has 0 aliphatic carbocycles. The zero-order valence-corrected chi connectivity index (χ0v) is 12.8. The Labute approximate surface area is 125 Å². The second-order valence-electron chi connectivity index (χ2n) is 5.79. The third-order valence-corrected chi connectivity index (χ3v) is 3.55. The van der Waals surface area contributed by atoms with E-state index in [1.807, 2.05) is 32.0 Å². The van der Waals surface area contributed by atoms with Crippen LogP contribution < -0.4 is 16.0 Å². The predicted molar refractivity (Wildman–Crippen MR) is 83.1 cm³/mol. The van der Waals surface area contributed by atoms with Crippen molar-refractivity contribution in [3.8, 4) is 0 Å². The van der Waals surface area contributed by atoms with Gasteiger partial charge in [-0.05, 0) is 45.2 Å². The van der Waals surface area contributed by atoms with Crippen LogP contribution >= 0.6 is 0 Å². The van der Waals surface area contributed by atoms with Crippen molar-refractivity contribution >= 4 is 17.5 Å². The maximum atomic E-state index is 12.3. The summed E-state index contributed by atoms with van der Waals surface area (Å²) in [4.78, 5) is 24.1. The molecule has 2 amide bonds. The number of benzene rings is 1. The monoisotopic (exact) mass is 289 g/mol. The normalized spacial score (nSPS) is 18.4. The van der Waals surface area contributed by atoms with Gasteiger partial charge >= 0.3 is 0 Å². The Morgan fingerprint density at radius 2 is 1.90 bits per heavy atom. The van der Waals surface area contributed by atoms with Gasteiger partial charge in [0.15, 0.2) is 0 Å². The van der Waals surface area contributed by atoms with E-state index in [1.54, 1.807) is 6.92 Å². The fourth-order valence-corrected chi connectivity index (χ4v) is 2.42. The molecular weight excluding hydrogens is 266 g/mol. The van der Waals surface area contributed by atoms with Crippen molar-refractivity contribution < 1.29 is 9.59 Å². The number of anilines is 1. The van der Waals surface area contributed by atoms with Crippen LogP contribution in [0.5, 0.6) is 0 Å². The summed E-state index contributed by atoms with van der Waals surface area (Å²) in [7, 11) is 0. The lowest BCUT2D eigenvalue weighted by molar-refractivity contribution is -0.129. The highest BCUT2D eigenvalue weighted by Crippen LogP contribution is 2.24. The fraction of sp³-hybridized carbons (Fsp3) is 0.500. The van der Waals surface area contributed by atoms with Crippen LogP contribution in [0.2, 0.25) is 0 Å². The first kappa shape index (κ1) is 15.4. The summed E-state index contributed by atoms with van der Waals surface area (Å²) in [5, 5.41) is 8.80. The van der Waals surface area contributed by atoms with Crippen LogP contribution in [0, 0.1) is 0 Å². The number of fused-ring (bicyclic) bond motifs is 1. The number of aryl methyl sites for hydroxylation is 1. The fourth-order valence-electron chi connectivity index (χ4n) is 2.42. The van der Waals surface area contributed by atoms with E-state index in [-0.39, 0.29) is 23.9 Å².